The molecule has 0 unspecified atom stereocenters. The van der Waals surface area contributed by atoms with Gasteiger partial charge in [0.05, 0.1) is 11.5 Å². The smallest absolute Gasteiger partial charge is 0.257 e. The molecule has 0 radical (unpaired) electrons. The zero-order valence-corrected chi connectivity index (χ0v) is 12.4. The molecule has 0 aliphatic carbocycles. The van der Waals surface area contributed by atoms with Gasteiger partial charge in [0, 0.05) is 13.7 Å². The van der Waals surface area contributed by atoms with Gasteiger partial charge in [-0.1, -0.05) is 17.7 Å². The normalized spacial score (nSPS) is 11.1. The number of hydrazine groups is 1. The second kappa shape index (κ2) is 7.39. The highest BCUT2D eigenvalue weighted by atomic mass is 32.2. The Bertz CT molecular complexity index is 514. The van der Waals surface area contributed by atoms with Gasteiger partial charge in [-0.3, -0.25) is 5.43 Å². The predicted molar refractivity (Wildman–Crippen MR) is 77.1 cm³/mol. The number of sulfonamides is 1. The lowest BCUT2D eigenvalue weighted by molar-refractivity contribution is 0.204. The van der Waals surface area contributed by atoms with Crippen LogP contribution in [0.4, 0.5) is 0 Å². The molecule has 8 heteroatoms. The number of thiocarbonyl (C=S) groups is 1. The van der Waals surface area contributed by atoms with E-state index in [4.69, 9.17) is 17.0 Å². The van der Waals surface area contributed by atoms with Gasteiger partial charge in [0.2, 0.25) is 0 Å². The van der Waals surface area contributed by atoms with E-state index in [1.165, 1.54) is 12.1 Å². The number of rotatable bonds is 6. The number of aryl methyl sites for hydroxylation is 1. The molecule has 6 nitrogen and oxygen atoms in total. The lowest BCUT2D eigenvalue weighted by Crippen LogP contribution is -2.47. The van der Waals surface area contributed by atoms with Crippen LogP contribution in [0.5, 0.6) is 0 Å². The number of methoxy groups -OCH3 is 1. The molecule has 0 fully saturated rings. The van der Waals surface area contributed by atoms with E-state index >= 15 is 0 Å². The van der Waals surface area contributed by atoms with Crippen molar-refractivity contribution >= 4 is 27.4 Å². The van der Waals surface area contributed by atoms with Gasteiger partial charge >= 0.3 is 0 Å². The Kier molecular flexibility index (Phi) is 6.16. The first-order chi connectivity index (χ1) is 8.95. The predicted octanol–water partition coefficient (Wildman–Crippen LogP) is 0.299. The number of ether oxygens (including phenoxy) is 1. The Morgan fingerprint density at radius 2 is 1.95 bits per heavy atom. The van der Waals surface area contributed by atoms with Crippen molar-refractivity contribution in [2.45, 2.75) is 11.8 Å². The van der Waals surface area contributed by atoms with Gasteiger partial charge < -0.3 is 10.1 Å². The van der Waals surface area contributed by atoms with Gasteiger partial charge in [0.1, 0.15) is 0 Å². The summed E-state index contributed by atoms with van der Waals surface area (Å²) in [5.74, 6) is 0. The number of benzene rings is 1. The van der Waals surface area contributed by atoms with Crippen LogP contribution >= 0.6 is 12.2 Å². The average Bonchev–Trinajstić information content (AvgIpc) is 2.37. The van der Waals surface area contributed by atoms with Crippen LogP contribution < -0.4 is 15.6 Å². The summed E-state index contributed by atoms with van der Waals surface area (Å²) in [7, 11) is -2.05. The number of nitrogens with one attached hydrogen (secondary N) is 3. The Morgan fingerprint density at radius 3 is 2.53 bits per heavy atom. The largest absolute Gasteiger partial charge is 0.383 e. The third kappa shape index (κ3) is 5.52. The first-order valence-corrected chi connectivity index (χ1v) is 7.46. The monoisotopic (exact) mass is 303 g/mol. The fourth-order valence-corrected chi connectivity index (χ4v) is 2.27. The molecule has 19 heavy (non-hydrogen) atoms. The van der Waals surface area contributed by atoms with Crippen molar-refractivity contribution in [2.75, 3.05) is 20.3 Å². The molecule has 0 saturated heterocycles. The van der Waals surface area contributed by atoms with Crippen molar-refractivity contribution in [3.63, 3.8) is 0 Å². The SMILES string of the molecule is COCCNC(=S)NNS(=O)(=O)c1ccc(C)cc1. The van der Waals surface area contributed by atoms with Gasteiger partial charge in [0.25, 0.3) is 10.0 Å². The van der Waals surface area contributed by atoms with Crippen molar-refractivity contribution in [1.82, 2.24) is 15.6 Å². The summed E-state index contributed by atoms with van der Waals surface area (Å²) in [5, 5.41) is 2.97. The second-order valence-corrected chi connectivity index (χ2v) is 5.88. The second-order valence-electron chi connectivity index (χ2n) is 3.79. The third-order valence-corrected chi connectivity index (χ3v) is 3.73. The molecule has 106 valence electrons. The van der Waals surface area contributed by atoms with Crippen molar-refractivity contribution < 1.29 is 13.2 Å². The van der Waals surface area contributed by atoms with E-state index in [0.717, 1.165) is 5.56 Å². The minimum atomic E-state index is -3.62. The van der Waals surface area contributed by atoms with Crippen LogP contribution in [-0.4, -0.2) is 33.8 Å². The van der Waals surface area contributed by atoms with Crippen LogP contribution in [0.3, 0.4) is 0 Å². The van der Waals surface area contributed by atoms with Crippen LogP contribution in [0.2, 0.25) is 0 Å². The van der Waals surface area contributed by atoms with Crippen molar-refractivity contribution in [2.24, 2.45) is 0 Å². The molecule has 3 N–H and O–H groups in total. The maximum absolute atomic E-state index is 11.9. The van der Waals surface area contributed by atoms with E-state index in [9.17, 15) is 8.42 Å². The first kappa shape index (κ1) is 15.8. The fraction of sp³-hybridized carbons (Fsp3) is 0.364. The Morgan fingerprint density at radius 1 is 1.32 bits per heavy atom. The third-order valence-electron chi connectivity index (χ3n) is 2.22. The molecule has 0 saturated carbocycles. The molecule has 0 bridgehead atoms. The molecule has 1 aromatic carbocycles. The average molecular weight is 303 g/mol. The summed E-state index contributed by atoms with van der Waals surface area (Å²) in [6, 6.07) is 6.51. The van der Waals surface area contributed by atoms with Crippen LogP contribution in [-0.2, 0) is 14.8 Å². The molecule has 0 atom stereocenters. The summed E-state index contributed by atoms with van der Waals surface area (Å²) in [4.78, 5) is 2.37. The Labute approximate surface area is 118 Å². The molecule has 0 aromatic heterocycles. The first-order valence-electron chi connectivity index (χ1n) is 5.57. The molecule has 0 aliphatic rings. The molecule has 0 heterocycles. The molecule has 0 aliphatic heterocycles. The molecule has 1 rings (SSSR count). The van der Waals surface area contributed by atoms with Crippen molar-refractivity contribution in [1.29, 1.82) is 0 Å². The summed E-state index contributed by atoms with van der Waals surface area (Å²) >= 11 is 4.90. The summed E-state index contributed by atoms with van der Waals surface area (Å²) in [6.45, 7) is 2.86. The van der Waals surface area contributed by atoms with Crippen molar-refractivity contribution in [3.05, 3.63) is 29.8 Å². The quantitative estimate of drug-likeness (QED) is 0.398. The van der Waals surface area contributed by atoms with Gasteiger partial charge in [-0.25, -0.2) is 8.42 Å². The van der Waals surface area contributed by atoms with Crippen LogP contribution in [0.25, 0.3) is 0 Å². The zero-order chi connectivity index (χ0) is 14.3. The zero-order valence-electron chi connectivity index (χ0n) is 10.8. The lowest BCUT2D eigenvalue weighted by atomic mass is 10.2. The molecular weight excluding hydrogens is 286 g/mol. The highest BCUT2D eigenvalue weighted by molar-refractivity contribution is 7.89. The minimum absolute atomic E-state index is 0.172. The van der Waals surface area contributed by atoms with Gasteiger partial charge in [0.15, 0.2) is 5.11 Å². The maximum atomic E-state index is 11.9. The van der Waals surface area contributed by atoms with Gasteiger partial charge in [-0.05, 0) is 31.3 Å². The molecular formula is C11H17N3O3S2. The van der Waals surface area contributed by atoms with Crippen LogP contribution in [0.15, 0.2) is 29.2 Å². The van der Waals surface area contributed by atoms with Crippen LogP contribution in [0.1, 0.15) is 5.56 Å². The Hall–Kier alpha value is -1.22. The van der Waals surface area contributed by atoms with Gasteiger partial charge in [-0.2, -0.15) is 0 Å². The highest BCUT2D eigenvalue weighted by Gasteiger charge is 2.13. The summed E-state index contributed by atoms with van der Waals surface area (Å²) in [5.41, 5.74) is 3.41. The Balaban J connectivity index is 2.51. The van der Waals surface area contributed by atoms with E-state index in [-0.39, 0.29) is 10.0 Å². The van der Waals surface area contributed by atoms with Gasteiger partial charge in [-0.15, -0.1) is 4.83 Å². The van der Waals surface area contributed by atoms with E-state index in [0.29, 0.717) is 13.2 Å². The maximum Gasteiger partial charge on any atom is 0.257 e. The van der Waals surface area contributed by atoms with E-state index < -0.39 is 10.0 Å². The fourth-order valence-electron chi connectivity index (χ4n) is 1.20. The number of hydrogen-bond acceptors (Lipinski definition) is 4. The summed E-state index contributed by atoms with van der Waals surface area (Å²) < 4.78 is 28.6. The van der Waals surface area contributed by atoms with E-state index in [1.54, 1.807) is 19.2 Å². The highest BCUT2D eigenvalue weighted by Crippen LogP contribution is 2.08. The topological polar surface area (TPSA) is 79.5 Å². The number of hydrogen-bond donors (Lipinski definition) is 3. The minimum Gasteiger partial charge on any atom is -0.383 e. The van der Waals surface area contributed by atoms with E-state index in [2.05, 4.69) is 15.6 Å². The molecule has 1 aromatic rings. The van der Waals surface area contributed by atoms with Crippen LogP contribution in [0, 0.1) is 6.92 Å². The molecule has 0 amide bonds. The molecule has 0 spiro atoms. The lowest BCUT2D eigenvalue weighted by Gasteiger charge is -2.11. The van der Waals surface area contributed by atoms with E-state index in [1.807, 2.05) is 6.92 Å². The van der Waals surface area contributed by atoms with Crippen molar-refractivity contribution in [3.8, 4) is 0 Å². The summed E-state index contributed by atoms with van der Waals surface area (Å²) in [6.07, 6.45) is 0. The standard InChI is InChI=1S/C11H17N3O3S2/c1-9-3-5-10(6-4-9)19(15,16)14-13-11(18)12-7-8-17-2/h3-6,14H,7-8H2,1-2H3,(H2,12,13,18).